The van der Waals surface area contributed by atoms with E-state index in [1.54, 1.807) is 43.3 Å². The summed E-state index contributed by atoms with van der Waals surface area (Å²) in [5.41, 5.74) is 1.82. The molecule has 26 heavy (non-hydrogen) atoms. The standard InChI is InChI=1S/C20H21FN2O3/c1-12(2)18(14-8-10-15(21)11-9-14)22-19(24)13(3)23-16-6-4-5-7-17(16)26-20(23)25/h4-13,18H,1-3H3,(H,22,24). The molecule has 0 aliphatic heterocycles. The number of rotatable bonds is 5. The number of para-hydroxylation sites is 2. The topological polar surface area (TPSA) is 64.2 Å². The number of carbonyl (C=O) groups excluding carboxylic acids is 1. The van der Waals surface area contributed by atoms with Gasteiger partial charge >= 0.3 is 5.76 Å². The fourth-order valence-electron chi connectivity index (χ4n) is 3.05. The zero-order valence-electron chi connectivity index (χ0n) is 14.9. The molecule has 0 saturated carbocycles. The SMILES string of the molecule is CC(C)C(NC(=O)C(C)n1c(=O)oc2ccccc21)c1ccc(F)cc1. The molecule has 0 saturated heterocycles. The summed E-state index contributed by atoms with van der Waals surface area (Å²) >= 11 is 0. The lowest BCUT2D eigenvalue weighted by molar-refractivity contribution is -0.125. The lowest BCUT2D eigenvalue weighted by Gasteiger charge is -2.25. The van der Waals surface area contributed by atoms with Crippen LogP contribution in [0, 0.1) is 11.7 Å². The summed E-state index contributed by atoms with van der Waals surface area (Å²) in [7, 11) is 0. The van der Waals surface area contributed by atoms with Crippen molar-refractivity contribution in [2.24, 2.45) is 5.92 Å². The van der Waals surface area contributed by atoms with Crippen molar-refractivity contribution in [3.05, 3.63) is 70.5 Å². The molecule has 0 fully saturated rings. The van der Waals surface area contributed by atoms with Crippen LogP contribution in [0.5, 0.6) is 0 Å². The first kappa shape index (κ1) is 17.9. The van der Waals surface area contributed by atoms with Crippen LogP contribution in [0.25, 0.3) is 11.1 Å². The molecule has 1 N–H and O–H groups in total. The molecule has 0 bridgehead atoms. The maximum Gasteiger partial charge on any atom is 0.420 e. The quantitative estimate of drug-likeness (QED) is 0.756. The highest BCUT2D eigenvalue weighted by atomic mass is 19.1. The Morgan fingerprint density at radius 1 is 1.08 bits per heavy atom. The van der Waals surface area contributed by atoms with E-state index in [0.717, 1.165) is 5.56 Å². The van der Waals surface area contributed by atoms with Crippen molar-refractivity contribution in [3.63, 3.8) is 0 Å². The van der Waals surface area contributed by atoms with Gasteiger partial charge in [-0.05, 0) is 42.7 Å². The highest BCUT2D eigenvalue weighted by molar-refractivity contribution is 5.83. The molecule has 0 aliphatic rings. The molecule has 1 aromatic heterocycles. The lowest BCUT2D eigenvalue weighted by Crippen LogP contribution is -2.38. The normalized spacial score (nSPS) is 13.7. The number of fused-ring (bicyclic) bond motifs is 1. The van der Waals surface area contributed by atoms with Crippen molar-refractivity contribution in [2.45, 2.75) is 32.9 Å². The first-order chi connectivity index (χ1) is 12.4. The molecule has 1 heterocycles. The molecule has 2 unspecified atom stereocenters. The van der Waals surface area contributed by atoms with Crippen molar-refractivity contribution >= 4 is 17.0 Å². The van der Waals surface area contributed by atoms with E-state index in [0.29, 0.717) is 11.1 Å². The molecular weight excluding hydrogens is 335 g/mol. The van der Waals surface area contributed by atoms with Gasteiger partial charge in [0.15, 0.2) is 5.58 Å². The van der Waals surface area contributed by atoms with Gasteiger partial charge in [-0.3, -0.25) is 9.36 Å². The molecule has 136 valence electrons. The summed E-state index contributed by atoms with van der Waals surface area (Å²) in [6, 6.07) is 12.0. The van der Waals surface area contributed by atoms with Gasteiger partial charge in [0.2, 0.25) is 5.91 Å². The maximum atomic E-state index is 13.2. The third kappa shape index (κ3) is 3.40. The van der Waals surface area contributed by atoms with Gasteiger partial charge < -0.3 is 9.73 Å². The number of hydrogen-bond donors (Lipinski definition) is 1. The summed E-state index contributed by atoms with van der Waals surface area (Å²) in [6.07, 6.45) is 0. The highest BCUT2D eigenvalue weighted by Gasteiger charge is 2.25. The van der Waals surface area contributed by atoms with Crippen molar-refractivity contribution in [1.82, 2.24) is 9.88 Å². The summed E-state index contributed by atoms with van der Waals surface area (Å²) in [5.74, 6) is -1.11. The number of halogens is 1. The van der Waals surface area contributed by atoms with E-state index in [4.69, 9.17) is 4.42 Å². The van der Waals surface area contributed by atoms with Crippen LogP contribution in [0.4, 0.5) is 4.39 Å². The van der Waals surface area contributed by atoms with Crippen LogP contribution in [0.15, 0.2) is 57.7 Å². The van der Waals surface area contributed by atoms with Gasteiger partial charge in [0.1, 0.15) is 11.9 Å². The molecule has 6 heteroatoms. The molecular formula is C20H21FN2O3. The van der Waals surface area contributed by atoms with Crippen LogP contribution < -0.4 is 11.1 Å². The zero-order valence-corrected chi connectivity index (χ0v) is 14.9. The molecule has 3 rings (SSSR count). The molecule has 0 aliphatic carbocycles. The maximum absolute atomic E-state index is 13.2. The fraction of sp³-hybridized carbons (Fsp3) is 0.300. The van der Waals surface area contributed by atoms with Crippen molar-refractivity contribution in [1.29, 1.82) is 0 Å². The van der Waals surface area contributed by atoms with Crippen LogP contribution in [0.3, 0.4) is 0 Å². The van der Waals surface area contributed by atoms with E-state index in [1.165, 1.54) is 16.7 Å². The second-order valence-corrected chi connectivity index (χ2v) is 6.66. The van der Waals surface area contributed by atoms with Crippen LogP contribution in [-0.4, -0.2) is 10.5 Å². The average Bonchev–Trinajstić information content (AvgIpc) is 2.95. The average molecular weight is 356 g/mol. The number of amides is 1. The molecule has 2 atom stereocenters. The summed E-state index contributed by atoms with van der Waals surface area (Å²) in [5, 5.41) is 2.97. The van der Waals surface area contributed by atoms with Gasteiger partial charge in [-0.15, -0.1) is 0 Å². The van der Waals surface area contributed by atoms with Crippen molar-refractivity contribution in [2.75, 3.05) is 0 Å². The van der Waals surface area contributed by atoms with Gasteiger partial charge in [0.05, 0.1) is 11.6 Å². The van der Waals surface area contributed by atoms with Crippen LogP contribution in [0.1, 0.15) is 38.4 Å². The minimum atomic E-state index is -0.743. The van der Waals surface area contributed by atoms with E-state index in [1.807, 2.05) is 13.8 Å². The Morgan fingerprint density at radius 3 is 2.38 bits per heavy atom. The number of oxazole rings is 1. The largest absolute Gasteiger partial charge is 0.420 e. The molecule has 0 radical (unpaired) electrons. The number of carbonyl (C=O) groups is 1. The van der Waals surface area contributed by atoms with Crippen LogP contribution in [-0.2, 0) is 4.79 Å². The first-order valence-electron chi connectivity index (χ1n) is 8.54. The molecule has 2 aromatic carbocycles. The number of nitrogens with zero attached hydrogens (tertiary/aromatic N) is 1. The molecule has 1 amide bonds. The summed E-state index contributed by atoms with van der Waals surface area (Å²) < 4.78 is 19.7. The van der Waals surface area contributed by atoms with Gasteiger partial charge in [0.25, 0.3) is 0 Å². The Bertz CT molecular complexity index is 973. The Labute approximate surface area is 150 Å². The highest BCUT2D eigenvalue weighted by Crippen LogP contribution is 2.24. The third-order valence-electron chi connectivity index (χ3n) is 4.48. The Kier molecular flexibility index (Phi) is 4.93. The summed E-state index contributed by atoms with van der Waals surface area (Å²) in [6.45, 7) is 5.59. The smallest absolute Gasteiger partial charge is 0.408 e. The Balaban J connectivity index is 1.88. The second kappa shape index (κ2) is 7.15. The van der Waals surface area contributed by atoms with Crippen molar-refractivity contribution < 1.29 is 13.6 Å². The number of nitrogens with one attached hydrogen (secondary N) is 1. The Hall–Kier alpha value is -2.89. The van der Waals surface area contributed by atoms with Gasteiger partial charge in [0, 0.05) is 0 Å². The second-order valence-electron chi connectivity index (χ2n) is 6.66. The third-order valence-corrected chi connectivity index (χ3v) is 4.48. The predicted molar refractivity (Wildman–Crippen MR) is 97.3 cm³/mol. The predicted octanol–water partition coefficient (Wildman–Crippen LogP) is 3.81. The first-order valence-corrected chi connectivity index (χ1v) is 8.54. The monoisotopic (exact) mass is 356 g/mol. The van der Waals surface area contributed by atoms with Gasteiger partial charge in [-0.1, -0.05) is 38.1 Å². The van der Waals surface area contributed by atoms with E-state index in [-0.39, 0.29) is 23.7 Å². The van der Waals surface area contributed by atoms with E-state index in [2.05, 4.69) is 5.32 Å². The number of aromatic nitrogens is 1. The van der Waals surface area contributed by atoms with Gasteiger partial charge in [-0.2, -0.15) is 0 Å². The lowest BCUT2D eigenvalue weighted by atomic mass is 9.95. The van der Waals surface area contributed by atoms with Crippen LogP contribution >= 0.6 is 0 Å². The minimum Gasteiger partial charge on any atom is -0.408 e. The number of benzene rings is 2. The molecule has 3 aromatic rings. The zero-order chi connectivity index (χ0) is 18.8. The van der Waals surface area contributed by atoms with Gasteiger partial charge in [-0.25, -0.2) is 9.18 Å². The molecule has 0 spiro atoms. The van der Waals surface area contributed by atoms with Crippen molar-refractivity contribution in [3.8, 4) is 0 Å². The minimum absolute atomic E-state index is 0.0921. The van der Waals surface area contributed by atoms with Crippen LogP contribution in [0.2, 0.25) is 0 Å². The van der Waals surface area contributed by atoms with E-state index < -0.39 is 11.8 Å². The van der Waals surface area contributed by atoms with E-state index in [9.17, 15) is 14.0 Å². The van der Waals surface area contributed by atoms with E-state index >= 15 is 0 Å². The Morgan fingerprint density at radius 2 is 1.73 bits per heavy atom. The fourth-order valence-corrected chi connectivity index (χ4v) is 3.05. The summed E-state index contributed by atoms with van der Waals surface area (Å²) in [4.78, 5) is 25.0. The molecule has 5 nitrogen and oxygen atoms in total. The number of hydrogen-bond acceptors (Lipinski definition) is 3.